The Hall–Kier alpha value is -5.06. The van der Waals surface area contributed by atoms with Crippen LogP contribution in [0, 0.1) is 25.2 Å². The summed E-state index contributed by atoms with van der Waals surface area (Å²) in [6, 6.07) is 20.0. The number of benzene rings is 3. The first-order chi connectivity index (χ1) is 25.3. The summed E-state index contributed by atoms with van der Waals surface area (Å²) in [5, 5.41) is 33.7. The predicted molar refractivity (Wildman–Crippen MR) is 197 cm³/mol. The number of halogens is 1. The van der Waals surface area contributed by atoms with Crippen LogP contribution in [0.2, 0.25) is 5.02 Å². The molecular weight excluding hydrogens is 680 g/mol. The minimum atomic E-state index is -0.205. The zero-order valence-electron chi connectivity index (χ0n) is 29.7. The van der Waals surface area contributed by atoms with Gasteiger partial charge in [-0.15, -0.1) is 5.10 Å². The lowest BCUT2D eigenvalue weighted by Crippen LogP contribution is -2.24. The van der Waals surface area contributed by atoms with Gasteiger partial charge in [-0.3, -0.25) is 9.88 Å². The Morgan fingerprint density at radius 3 is 2.54 bits per heavy atom. The Bertz CT molecular complexity index is 2000. The molecule has 3 aromatic carbocycles. The van der Waals surface area contributed by atoms with Gasteiger partial charge in [0.2, 0.25) is 0 Å². The van der Waals surface area contributed by atoms with E-state index in [0.29, 0.717) is 54.2 Å². The van der Waals surface area contributed by atoms with Gasteiger partial charge in [-0.2, -0.15) is 5.26 Å². The molecule has 1 aliphatic heterocycles. The number of hydrogen-bond acceptors (Lipinski definition) is 11. The maximum Gasteiger partial charge on any atom is 0.162 e. The highest BCUT2D eigenvalue weighted by Crippen LogP contribution is 2.37. The molecule has 3 heterocycles. The second-order valence-corrected chi connectivity index (χ2v) is 13.6. The molecule has 2 N–H and O–H groups in total. The molecule has 0 radical (unpaired) electrons. The molecule has 0 aliphatic carbocycles. The predicted octanol–water partition coefficient (Wildman–Crippen LogP) is 6.03. The van der Waals surface area contributed by atoms with Crippen LogP contribution in [0.15, 0.2) is 67.0 Å². The van der Waals surface area contributed by atoms with Gasteiger partial charge in [-0.05, 0) is 90.2 Å². The molecule has 6 rings (SSSR count). The van der Waals surface area contributed by atoms with Crippen molar-refractivity contribution in [2.45, 2.75) is 59.1 Å². The lowest BCUT2D eigenvalue weighted by Gasteiger charge is -2.20. The molecule has 5 aromatic rings. The molecule has 1 atom stereocenters. The number of aliphatic hydroxyl groups excluding tert-OH is 1. The third kappa shape index (κ3) is 9.43. The number of rotatable bonds is 16. The number of likely N-dealkylation sites (tertiary alicyclic amines) is 1. The highest BCUT2D eigenvalue weighted by Gasteiger charge is 2.20. The number of H-pyrrole nitrogens is 1. The van der Waals surface area contributed by atoms with E-state index in [4.69, 9.17) is 25.8 Å². The maximum absolute atomic E-state index is 9.80. The summed E-state index contributed by atoms with van der Waals surface area (Å²) >= 11 is 6.84. The summed E-state index contributed by atoms with van der Waals surface area (Å²) in [6.07, 6.45) is 4.74. The fourth-order valence-electron chi connectivity index (χ4n) is 6.42. The van der Waals surface area contributed by atoms with Gasteiger partial charge in [0.15, 0.2) is 5.82 Å². The Morgan fingerprint density at radius 2 is 1.77 bits per heavy atom. The van der Waals surface area contributed by atoms with Crippen LogP contribution >= 0.6 is 11.6 Å². The summed E-state index contributed by atoms with van der Waals surface area (Å²) < 4.78 is 18.9. The van der Waals surface area contributed by atoms with Gasteiger partial charge >= 0.3 is 0 Å². The fourth-order valence-corrected chi connectivity index (χ4v) is 6.66. The SMILES string of the molecule is Cc1c(COc2cc(OCc3cncc(C#N)c3)c(CN(C)Cc3nnn[nH]3)cc2Cl)cccc1-c1cccc(OCCCN2CC[C@@H](O)C2)c1C. The van der Waals surface area contributed by atoms with Crippen LogP contribution in [-0.4, -0.2) is 79.9 Å². The summed E-state index contributed by atoms with van der Waals surface area (Å²) in [7, 11) is 1.95. The van der Waals surface area contributed by atoms with Crippen molar-refractivity contribution in [2.75, 3.05) is 33.3 Å². The third-order valence-electron chi connectivity index (χ3n) is 9.21. The Labute approximate surface area is 308 Å². The van der Waals surface area contributed by atoms with Crippen molar-refractivity contribution in [3.05, 3.63) is 111 Å². The van der Waals surface area contributed by atoms with Crippen LogP contribution in [0.4, 0.5) is 0 Å². The minimum absolute atomic E-state index is 0.205. The molecule has 0 saturated carbocycles. The summed E-state index contributed by atoms with van der Waals surface area (Å²) in [5.74, 6) is 2.60. The van der Waals surface area contributed by atoms with Gasteiger partial charge < -0.3 is 24.2 Å². The quantitative estimate of drug-likeness (QED) is 0.115. The molecule has 0 amide bonds. The second kappa shape index (κ2) is 17.4. The van der Waals surface area contributed by atoms with Gasteiger partial charge in [0.25, 0.3) is 0 Å². The van der Waals surface area contributed by atoms with E-state index in [1.54, 1.807) is 12.3 Å². The lowest BCUT2D eigenvalue weighted by molar-refractivity contribution is 0.173. The van der Waals surface area contributed by atoms with Gasteiger partial charge in [0, 0.05) is 55.8 Å². The molecular formula is C39H43ClN8O4. The highest BCUT2D eigenvalue weighted by molar-refractivity contribution is 6.32. The fraction of sp³-hybridized carbons (Fsp3) is 0.359. The number of aromatic nitrogens is 5. The average molecular weight is 723 g/mol. The van der Waals surface area contributed by atoms with E-state index in [1.807, 2.05) is 42.3 Å². The average Bonchev–Trinajstić information content (AvgIpc) is 3.82. The topological polar surface area (TPSA) is 146 Å². The van der Waals surface area contributed by atoms with E-state index in [2.05, 4.69) is 68.6 Å². The van der Waals surface area contributed by atoms with Crippen molar-refractivity contribution in [1.82, 2.24) is 35.4 Å². The number of nitrogens with one attached hydrogen (secondary N) is 1. The standard InChI is InChI=1S/C39H43ClN8O4/c1-26-30(7-4-8-33(26)34-9-5-10-36(27(34)2)50-14-6-12-48-13-11-32(49)22-48)25-52-38-17-37(51-24-29-15-28(18-41)19-42-20-29)31(16-35(38)40)21-47(3)23-39-43-45-46-44-39/h4-5,7-10,15-17,19-20,32,49H,6,11-14,21-25H2,1-3H3,(H,43,44,45,46)/t32-/m1/s1. The second-order valence-electron chi connectivity index (χ2n) is 13.1. The number of β-amino-alcohol motifs (C(OH)–C–C–N with tert-alkyl or cyclic N) is 1. The van der Waals surface area contributed by atoms with Gasteiger partial charge in [0.05, 0.1) is 29.8 Å². The largest absolute Gasteiger partial charge is 0.493 e. The molecule has 0 bridgehead atoms. The van der Waals surface area contributed by atoms with E-state index in [-0.39, 0.29) is 12.7 Å². The number of nitrogens with zero attached hydrogens (tertiary/aromatic N) is 7. The Balaban J connectivity index is 1.16. The zero-order valence-corrected chi connectivity index (χ0v) is 30.4. The number of aliphatic hydroxyl groups is 1. The van der Waals surface area contributed by atoms with E-state index in [1.165, 1.54) is 6.20 Å². The molecule has 13 heteroatoms. The molecule has 1 aliphatic rings. The van der Waals surface area contributed by atoms with Crippen LogP contribution in [0.1, 0.15) is 52.0 Å². The van der Waals surface area contributed by atoms with Crippen molar-refractivity contribution in [1.29, 1.82) is 5.26 Å². The van der Waals surface area contributed by atoms with Gasteiger partial charge in [-0.25, -0.2) is 5.10 Å². The molecule has 52 heavy (non-hydrogen) atoms. The van der Waals surface area contributed by atoms with Crippen molar-refractivity contribution >= 4 is 11.6 Å². The van der Waals surface area contributed by atoms with Crippen LogP contribution in [0.25, 0.3) is 11.1 Å². The van der Waals surface area contributed by atoms with Crippen LogP contribution in [0.3, 0.4) is 0 Å². The van der Waals surface area contributed by atoms with Gasteiger partial charge in [0.1, 0.15) is 36.5 Å². The van der Waals surface area contributed by atoms with Crippen LogP contribution < -0.4 is 14.2 Å². The van der Waals surface area contributed by atoms with E-state index in [9.17, 15) is 10.4 Å². The summed E-state index contributed by atoms with van der Waals surface area (Å²) in [6.45, 7) is 8.93. The molecule has 1 saturated heterocycles. The summed E-state index contributed by atoms with van der Waals surface area (Å²) in [5.41, 5.74) is 7.51. The third-order valence-corrected chi connectivity index (χ3v) is 9.51. The smallest absolute Gasteiger partial charge is 0.162 e. The zero-order chi connectivity index (χ0) is 36.5. The number of hydrogen-bond donors (Lipinski definition) is 2. The number of nitriles is 1. The Morgan fingerprint density at radius 1 is 0.962 bits per heavy atom. The number of tetrazole rings is 1. The highest BCUT2D eigenvalue weighted by atomic mass is 35.5. The Kier molecular flexibility index (Phi) is 12.3. The number of ether oxygens (including phenoxy) is 3. The first-order valence-electron chi connectivity index (χ1n) is 17.3. The number of pyridine rings is 1. The summed E-state index contributed by atoms with van der Waals surface area (Å²) in [4.78, 5) is 8.49. The molecule has 2 aromatic heterocycles. The van der Waals surface area contributed by atoms with Crippen molar-refractivity contribution in [3.63, 3.8) is 0 Å². The monoisotopic (exact) mass is 722 g/mol. The van der Waals surface area contributed by atoms with Crippen LogP contribution in [0.5, 0.6) is 17.2 Å². The van der Waals surface area contributed by atoms with Crippen LogP contribution in [-0.2, 0) is 26.3 Å². The minimum Gasteiger partial charge on any atom is -0.493 e. The number of aromatic amines is 1. The molecule has 1 fully saturated rings. The lowest BCUT2D eigenvalue weighted by atomic mass is 9.93. The van der Waals surface area contributed by atoms with Crippen molar-refractivity contribution in [3.8, 4) is 34.4 Å². The van der Waals surface area contributed by atoms with Crippen molar-refractivity contribution < 1.29 is 19.3 Å². The normalized spacial score (nSPS) is 14.4. The van der Waals surface area contributed by atoms with Gasteiger partial charge in [-0.1, -0.05) is 41.9 Å². The molecule has 0 spiro atoms. The first-order valence-corrected chi connectivity index (χ1v) is 17.7. The van der Waals surface area contributed by atoms with E-state index in [0.717, 1.165) is 77.2 Å². The molecule has 0 unspecified atom stereocenters. The van der Waals surface area contributed by atoms with E-state index < -0.39 is 0 Å². The first kappa shape index (κ1) is 36.7. The molecule has 270 valence electrons. The van der Waals surface area contributed by atoms with Crippen molar-refractivity contribution in [2.24, 2.45) is 0 Å². The maximum atomic E-state index is 9.80. The van der Waals surface area contributed by atoms with E-state index >= 15 is 0 Å². The molecule has 12 nitrogen and oxygen atoms in total.